The largest absolute Gasteiger partial charge is 0.507 e. The van der Waals surface area contributed by atoms with E-state index in [-0.39, 0.29) is 29.1 Å². The summed E-state index contributed by atoms with van der Waals surface area (Å²) in [6.45, 7) is 7.77. The number of Topliss-reactive ketones (excluding diaryl/α,β-unsaturated/α-hetero) is 1. The van der Waals surface area contributed by atoms with E-state index in [0.29, 0.717) is 38.6 Å². The van der Waals surface area contributed by atoms with Crippen molar-refractivity contribution >= 4 is 33.9 Å². The number of carbonyl (C=O) groups is 1. The highest BCUT2D eigenvalue weighted by molar-refractivity contribution is 6.32. The highest BCUT2D eigenvalue weighted by Crippen LogP contribution is 2.45. The van der Waals surface area contributed by atoms with Crippen LogP contribution in [-0.4, -0.2) is 10.9 Å². The van der Waals surface area contributed by atoms with Crippen molar-refractivity contribution in [1.29, 1.82) is 0 Å². The van der Waals surface area contributed by atoms with E-state index in [4.69, 9.17) is 20.8 Å². The molecule has 5 aromatic rings. The second-order valence-corrected chi connectivity index (χ2v) is 11.3. The fourth-order valence-electron chi connectivity index (χ4n) is 5.78. The Hall–Kier alpha value is -4.61. The average Bonchev–Trinajstić information content (AvgIpc) is 2.96. The molecule has 42 heavy (non-hydrogen) atoms. The van der Waals surface area contributed by atoms with Crippen LogP contribution in [0.2, 0.25) is 5.02 Å². The van der Waals surface area contributed by atoms with Crippen molar-refractivity contribution in [1.82, 2.24) is 0 Å². The summed E-state index contributed by atoms with van der Waals surface area (Å²) in [5.74, 6) is 0.0251. The first-order valence-corrected chi connectivity index (χ1v) is 14.1. The molecule has 5 nitrogen and oxygen atoms in total. The minimum absolute atomic E-state index is 0.00543. The molecule has 6 rings (SSSR count). The van der Waals surface area contributed by atoms with Crippen molar-refractivity contribution in [2.45, 2.75) is 40.0 Å². The second-order valence-electron chi connectivity index (χ2n) is 10.9. The van der Waals surface area contributed by atoms with E-state index in [1.165, 1.54) is 0 Å². The highest BCUT2D eigenvalue weighted by atomic mass is 35.5. The van der Waals surface area contributed by atoms with E-state index in [1.807, 2.05) is 63.2 Å². The monoisotopic (exact) mass is 576 g/mol. The molecule has 0 bridgehead atoms. The summed E-state index contributed by atoms with van der Waals surface area (Å²) in [4.78, 5) is 27.6. The third-order valence-electron chi connectivity index (χ3n) is 8.14. The number of fused-ring (bicyclic) bond motifs is 2. The maximum Gasteiger partial charge on any atom is 0.344 e. The van der Waals surface area contributed by atoms with Crippen LogP contribution in [0.4, 0.5) is 0 Å². The van der Waals surface area contributed by atoms with E-state index < -0.39 is 11.5 Å². The molecule has 1 aromatic heterocycles. The highest BCUT2D eigenvalue weighted by Gasteiger charge is 2.35. The van der Waals surface area contributed by atoms with Crippen molar-refractivity contribution in [2.24, 2.45) is 0 Å². The molecular weight excluding hydrogens is 548 g/mol. The van der Waals surface area contributed by atoms with Gasteiger partial charge in [0, 0.05) is 22.9 Å². The Morgan fingerprint density at radius 3 is 2.21 bits per heavy atom. The molecule has 210 valence electrons. The molecule has 0 saturated carbocycles. The number of aromatic hydroxyl groups is 1. The van der Waals surface area contributed by atoms with Crippen LogP contribution in [0.25, 0.3) is 16.5 Å². The number of hydrogen-bond acceptors (Lipinski definition) is 5. The molecule has 4 aromatic carbocycles. The Morgan fingerprint density at radius 2 is 1.50 bits per heavy atom. The maximum absolute atomic E-state index is 13.9. The number of hydrogen-bond donors (Lipinski definition) is 1. The minimum Gasteiger partial charge on any atom is -0.507 e. The van der Waals surface area contributed by atoms with Crippen LogP contribution in [0.3, 0.4) is 0 Å². The summed E-state index contributed by atoms with van der Waals surface area (Å²) in [7, 11) is 0. The van der Waals surface area contributed by atoms with Crippen LogP contribution >= 0.6 is 11.6 Å². The summed E-state index contributed by atoms with van der Waals surface area (Å²) in [6, 6.07) is 24.0. The van der Waals surface area contributed by atoms with Gasteiger partial charge in [-0.05, 0) is 103 Å². The number of ketones is 1. The van der Waals surface area contributed by atoms with Gasteiger partial charge in [0.05, 0.1) is 10.9 Å². The summed E-state index contributed by atoms with van der Waals surface area (Å²) >= 11 is 6.40. The van der Waals surface area contributed by atoms with Gasteiger partial charge in [-0.2, -0.15) is 0 Å². The molecule has 1 aliphatic rings. The molecule has 0 spiro atoms. The van der Waals surface area contributed by atoms with Gasteiger partial charge in [-0.3, -0.25) is 4.79 Å². The van der Waals surface area contributed by atoms with Crippen molar-refractivity contribution in [3.8, 4) is 17.2 Å². The van der Waals surface area contributed by atoms with Crippen LogP contribution in [0.15, 0.2) is 93.6 Å². The van der Waals surface area contributed by atoms with Gasteiger partial charge in [-0.25, -0.2) is 4.79 Å². The van der Waals surface area contributed by atoms with Crippen LogP contribution in [0.5, 0.6) is 17.2 Å². The van der Waals surface area contributed by atoms with Crippen LogP contribution in [0, 0.1) is 20.8 Å². The number of ether oxygens (including phenoxy) is 1. The molecule has 1 aliphatic carbocycles. The van der Waals surface area contributed by atoms with Crippen molar-refractivity contribution in [2.75, 3.05) is 0 Å². The normalized spacial score (nSPS) is 13.8. The lowest BCUT2D eigenvalue weighted by atomic mass is 9.74. The molecule has 0 saturated heterocycles. The minimum atomic E-state index is -0.890. The molecule has 6 heteroatoms. The van der Waals surface area contributed by atoms with Crippen LogP contribution in [-0.2, 0) is 11.2 Å². The number of halogens is 1. The number of benzene rings is 4. The SMILES string of the molecule is CC1=C(C(c2ccc(Oc3ccccc3)cc2)c2c(O)c3cc(Cl)c(C)cc3oc2=O)C(=O)Cc2cc(C)c(C)cc21. The lowest BCUT2D eigenvalue weighted by Crippen LogP contribution is -2.25. The Kier molecular flexibility index (Phi) is 6.99. The van der Waals surface area contributed by atoms with Gasteiger partial charge in [0.15, 0.2) is 5.78 Å². The van der Waals surface area contributed by atoms with Crippen LogP contribution < -0.4 is 10.4 Å². The number of rotatable bonds is 5. The molecule has 0 fully saturated rings. The third-order valence-corrected chi connectivity index (χ3v) is 8.55. The van der Waals surface area contributed by atoms with E-state index in [9.17, 15) is 14.7 Å². The Morgan fingerprint density at radius 1 is 0.833 bits per heavy atom. The third kappa shape index (κ3) is 4.80. The molecular formula is C36H29ClO5. The maximum atomic E-state index is 13.9. The smallest absolute Gasteiger partial charge is 0.344 e. The van der Waals surface area contributed by atoms with Crippen molar-refractivity contribution in [3.05, 3.63) is 139 Å². The predicted molar refractivity (Wildman–Crippen MR) is 166 cm³/mol. The fourth-order valence-corrected chi connectivity index (χ4v) is 5.94. The first kappa shape index (κ1) is 27.6. The fraction of sp³-hybridized carbons (Fsp3) is 0.167. The molecule has 0 radical (unpaired) electrons. The molecule has 1 heterocycles. The van der Waals surface area contributed by atoms with Gasteiger partial charge in [0.25, 0.3) is 0 Å². The van der Waals surface area contributed by atoms with E-state index in [1.54, 1.807) is 31.2 Å². The van der Waals surface area contributed by atoms with Gasteiger partial charge in [-0.15, -0.1) is 0 Å². The molecule has 0 amide bonds. The lowest BCUT2D eigenvalue weighted by Gasteiger charge is -2.28. The molecule has 1 unspecified atom stereocenters. The first-order valence-electron chi connectivity index (χ1n) is 13.8. The second kappa shape index (κ2) is 10.7. The van der Waals surface area contributed by atoms with Gasteiger partial charge >= 0.3 is 5.63 Å². The van der Waals surface area contributed by atoms with E-state index in [0.717, 1.165) is 27.8 Å². The Bertz CT molecular complexity index is 1970. The first-order chi connectivity index (χ1) is 20.1. The summed E-state index contributed by atoms with van der Waals surface area (Å²) in [5, 5.41) is 12.4. The topological polar surface area (TPSA) is 76.7 Å². The summed E-state index contributed by atoms with van der Waals surface area (Å²) in [6.07, 6.45) is 0.194. The standard InChI is InChI=1S/C36H29ClO5/c1-19-14-24-17-30(38)32(22(4)27(24)15-20(19)2)33(23-10-12-26(13-11-23)41-25-8-6-5-7-9-25)34-35(39)28-18-29(37)21(3)16-31(28)42-36(34)40/h5-16,18,33,39H,17H2,1-4H3. The van der Waals surface area contributed by atoms with Gasteiger partial charge in [0.1, 0.15) is 22.8 Å². The Labute approximate surface area is 248 Å². The zero-order valence-electron chi connectivity index (χ0n) is 23.7. The number of carbonyl (C=O) groups excluding carboxylic acids is 1. The van der Waals surface area contributed by atoms with Crippen LogP contribution in [0.1, 0.15) is 51.8 Å². The summed E-state index contributed by atoms with van der Waals surface area (Å²) < 4.78 is 11.7. The average molecular weight is 577 g/mol. The molecule has 1 atom stereocenters. The quantitative estimate of drug-likeness (QED) is 0.212. The van der Waals surface area contributed by atoms with Gasteiger partial charge in [-0.1, -0.05) is 54.1 Å². The van der Waals surface area contributed by atoms with Crippen molar-refractivity contribution < 1.29 is 19.1 Å². The Balaban J connectivity index is 1.58. The predicted octanol–water partition coefficient (Wildman–Crippen LogP) is 8.60. The van der Waals surface area contributed by atoms with E-state index in [2.05, 4.69) is 12.1 Å². The summed E-state index contributed by atoms with van der Waals surface area (Å²) in [5.41, 5.74) is 6.22. The number of allylic oxidation sites excluding steroid dienone is 2. The van der Waals surface area contributed by atoms with E-state index >= 15 is 0 Å². The zero-order valence-corrected chi connectivity index (χ0v) is 24.5. The molecule has 0 aliphatic heterocycles. The lowest BCUT2D eigenvalue weighted by molar-refractivity contribution is -0.115. The van der Waals surface area contributed by atoms with Gasteiger partial charge < -0.3 is 14.3 Å². The van der Waals surface area contributed by atoms with Crippen molar-refractivity contribution in [3.63, 3.8) is 0 Å². The van der Waals surface area contributed by atoms with Gasteiger partial charge in [0.2, 0.25) is 0 Å². The zero-order chi connectivity index (χ0) is 29.7. The number of aryl methyl sites for hydroxylation is 3. The molecule has 1 N–H and O–H groups in total. The number of para-hydroxylation sites is 1.